The van der Waals surface area contributed by atoms with Gasteiger partial charge in [0.05, 0.1) is 18.4 Å². The number of aliphatic imine (C=N–C) groups is 1. The van der Waals surface area contributed by atoms with Crippen molar-refractivity contribution in [2.75, 3.05) is 32.0 Å². The van der Waals surface area contributed by atoms with Gasteiger partial charge in [-0.1, -0.05) is 0 Å². The van der Waals surface area contributed by atoms with Gasteiger partial charge in [-0.25, -0.2) is 13.1 Å². The maximum atomic E-state index is 11.2. The van der Waals surface area contributed by atoms with Crippen LogP contribution in [-0.4, -0.2) is 52.5 Å². The molecule has 0 radical (unpaired) electrons. The standard InChI is InChI=1S/C11H24N4O3S.HI/c1-2-19(16,17)15-7-4-6-13-11(12)14-9-10-5-3-8-18-10;/h10,15H,2-9H2,1H3,(H3,12,13,14);1H. The molecule has 120 valence electrons. The van der Waals surface area contributed by atoms with Crippen molar-refractivity contribution in [3.63, 3.8) is 0 Å². The Labute approximate surface area is 138 Å². The number of hydrogen-bond acceptors (Lipinski definition) is 4. The predicted molar refractivity (Wildman–Crippen MR) is 91.0 cm³/mol. The van der Waals surface area contributed by atoms with E-state index in [1.165, 1.54) is 0 Å². The molecule has 0 aromatic carbocycles. The van der Waals surface area contributed by atoms with Gasteiger partial charge in [-0.15, -0.1) is 24.0 Å². The average Bonchev–Trinajstić information content (AvgIpc) is 2.89. The zero-order valence-electron chi connectivity index (χ0n) is 11.8. The number of nitrogens with two attached hydrogens (primary N) is 1. The lowest BCUT2D eigenvalue weighted by molar-refractivity contribution is 0.118. The SMILES string of the molecule is CCS(=O)(=O)NCCCNC(N)=NCC1CCCO1.I. The summed E-state index contributed by atoms with van der Waals surface area (Å²) in [6, 6.07) is 0. The van der Waals surface area contributed by atoms with Crippen LogP contribution >= 0.6 is 24.0 Å². The molecule has 0 amide bonds. The highest BCUT2D eigenvalue weighted by atomic mass is 127. The number of hydrogen-bond donors (Lipinski definition) is 3. The fourth-order valence-electron chi connectivity index (χ4n) is 1.68. The molecule has 0 aliphatic carbocycles. The van der Waals surface area contributed by atoms with Gasteiger partial charge in [-0.3, -0.25) is 4.99 Å². The van der Waals surface area contributed by atoms with E-state index in [0.29, 0.717) is 32.0 Å². The zero-order chi connectivity index (χ0) is 14.1. The number of ether oxygens (including phenoxy) is 1. The highest BCUT2D eigenvalue weighted by Gasteiger charge is 2.14. The highest BCUT2D eigenvalue weighted by Crippen LogP contribution is 2.11. The van der Waals surface area contributed by atoms with Crippen LogP contribution in [0.3, 0.4) is 0 Å². The number of rotatable bonds is 8. The van der Waals surface area contributed by atoms with Gasteiger partial charge in [0.2, 0.25) is 10.0 Å². The summed E-state index contributed by atoms with van der Waals surface area (Å²) in [6.07, 6.45) is 2.98. The minimum Gasteiger partial charge on any atom is -0.376 e. The normalized spacial score (nSPS) is 19.6. The molecular formula is C11H25IN4O3S. The molecule has 0 bridgehead atoms. The first kappa shape index (κ1) is 19.9. The molecule has 1 fully saturated rings. The molecule has 0 saturated carbocycles. The fraction of sp³-hybridized carbons (Fsp3) is 0.909. The molecule has 7 nitrogen and oxygen atoms in total. The largest absolute Gasteiger partial charge is 0.376 e. The lowest BCUT2D eigenvalue weighted by Crippen LogP contribution is -2.35. The second-order valence-corrected chi connectivity index (χ2v) is 6.53. The van der Waals surface area contributed by atoms with E-state index in [4.69, 9.17) is 10.5 Å². The third kappa shape index (κ3) is 8.93. The molecule has 1 atom stereocenters. The second-order valence-electron chi connectivity index (χ2n) is 4.44. The monoisotopic (exact) mass is 420 g/mol. The van der Waals surface area contributed by atoms with Crippen molar-refractivity contribution in [3.8, 4) is 0 Å². The van der Waals surface area contributed by atoms with E-state index in [-0.39, 0.29) is 35.8 Å². The summed E-state index contributed by atoms with van der Waals surface area (Å²) >= 11 is 0. The Kier molecular flexibility index (Phi) is 10.5. The summed E-state index contributed by atoms with van der Waals surface area (Å²) in [5.41, 5.74) is 5.69. The molecule has 4 N–H and O–H groups in total. The third-order valence-corrected chi connectivity index (χ3v) is 4.25. The lowest BCUT2D eigenvalue weighted by Gasteiger charge is -2.08. The van der Waals surface area contributed by atoms with Crippen LogP contribution in [-0.2, 0) is 14.8 Å². The average molecular weight is 420 g/mol. The Hall–Kier alpha value is -0.130. The zero-order valence-corrected chi connectivity index (χ0v) is 14.9. The van der Waals surface area contributed by atoms with E-state index in [1.54, 1.807) is 6.92 Å². The van der Waals surface area contributed by atoms with Crippen molar-refractivity contribution in [1.29, 1.82) is 0 Å². The molecule has 0 aromatic heterocycles. The smallest absolute Gasteiger partial charge is 0.211 e. The van der Waals surface area contributed by atoms with Gasteiger partial charge in [0, 0.05) is 19.7 Å². The van der Waals surface area contributed by atoms with Crippen LogP contribution in [0.1, 0.15) is 26.2 Å². The molecule has 0 spiro atoms. The minimum atomic E-state index is -3.10. The van der Waals surface area contributed by atoms with Gasteiger partial charge in [-0.05, 0) is 26.2 Å². The van der Waals surface area contributed by atoms with Gasteiger partial charge in [-0.2, -0.15) is 0 Å². The number of halogens is 1. The van der Waals surface area contributed by atoms with Crippen molar-refractivity contribution in [2.45, 2.75) is 32.3 Å². The predicted octanol–water partition coefficient (Wildman–Crippen LogP) is 0.0171. The van der Waals surface area contributed by atoms with Gasteiger partial charge in [0.1, 0.15) is 0 Å². The number of nitrogens with zero attached hydrogens (tertiary/aromatic N) is 1. The second kappa shape index (κ2) is 10.6. The van der Waals surface area contributed by atoms with Crippen LogP contribution < -0.4 is 15.8 Å². The Morgan fingerprint density at radius 1 is 1.45 bits per heavy atom. The van der Waals surface area contributed by atoms with E-state index in [9.17, 15) is 8.42 Å². The van der Waals surface area contributed by atoms with Gasteiger partial charge >= 0.3 is 0 Å². The van der Waals surface area contributed by atoms with Crippen LogP contribution in [0, 0.1) is 0 Å². The van der Waals surface area contributed by atoms with Gasteiger partial charge in [0.25, 0.3) is 0 Å². The van der Waals surface area contributed by atoms with E-state index >= 15 is 0 Å². The summed E-state index contributed by atoms with van der Waals surface area (Å²) in [5.74, 6) is 0.486. The molecule has 9 heteroatoms. The lowest BCUT2D eigenvalue weighted by atomic mass is 10.2. The molecule has 20 heavy (non-hydrogen) atoms. The highest BCUT2D eigenvalue weighted by molar-refractivity contribution is 14.0. The first-order chi connectivity index (χ1) is 9.03. The fourth-order valence-corrected chi connectivity index (χ4v) is 2.34. The summed E-state index contributed by atoms with van der Waals surface area (Å²) in [4.78, 5) is 4.19. The number of guanidine groups is 1. The molecule has 1 saturated heterocycles. The van der Waals surface area contributed by atoms with Crippen LogP contribution in [0.4, 0.5) is 0 Å². The minimum absolute atomic E-state index is 0. The number of nitrogens with one attached hydrogen (secondary N) is 2. The van der Waals surface area contributed by atoms with Crippen molar-refractivity contribution in [3.05, 3.63) is 0 Å². The van der Waals surface area contributed by atoms with Crippen molar-refractivity contribution in [1.82, 2.24) is 10.0 Å². The van der Waals surface area contributed by atoms with E-state index in [2.05, 4.69) is 15.0 Å². The summed E-state index contributed by atoms with van der Waals surface area (Å²) in [7, 11) is -3.10. The molecule has 1 aliphatic heterocycles. The van der Waals surface area contributed by atoms with Gasteiger partial charge in [0.15, 0.2) is 5.96 Å². The van der Waals surface area contributed by atoms with E-state index in [1.807, 2.05) is 0 Å². The summed E-state index contributed by atoms with van der Waals surface area (Å²) in [6.45, 7) is 4.00. The Bertz CT molecular complexity index is 383. The van der Waals surface area contributed by atoms with Crippen LogP contribution in [0.25, 0.3) is 0 Å². The van der Waals surface area contributed by atoms with Crippen LogP contribution in [0.15, 0.2) is 4.99 Å². The van der Waals surface area contributed by atoms with Crippen LogP contribution in [0.5, 0.6) is 0 Å². The molecule has 1 aliphatic rings. The Morgan fingerprint density at radius 3 is 2.80 bits per heavy atom. The molecule has 1 rings (SSSR count). The first-order valence-electron chi connectivity index (χ1n) is 6.66. The maximum Gasteiger partial charge on any atom is 0.211 e. The van der Waals surface area contributed by atoms with Crippen molar-refractivity contribution < 1.29 is 13.2 Å². The number of sulfonamides is 1. The van der Waals surface area contributed by atoms with Crippen molar-refractivity contribution >= 4 is 40.0 Å². The first-order valence-corrected chi connectivity index (χ1v) is 8.31. The van der Waals surface area contributed by atoms with Gasteiger partial charge < -0.3 is 15.8 Å². The summed E-state index contributed by atoms with van der Waals surface area (Å²) < 4.78 is 30.2. The van der Waals surface area contributed by atoms with Crippen molar-refractivity contribution in [2.24, 2.45) is 10.7 Å². The summed E-state index contributed by atoms with van der Waals surface area (Å²) in [5, 5.41) is 2.95. The topological polar surface area (TPSA) is 106 Å². The Morgan fingerprint density at radius 2 is 2.20 bits per heavy atom. The molecular weight excluding hydrogens is 395 g/mol. The quantitative estimate of drug-likeness (QED) is 0.222. The van der Waals surface area contributed by atoms with E-state index in [0.717, 1.165) is 19.4 Å². The third-order valence-electron chi connectivity index (χ3n) is 2.85. The molecule has 1 heterocycles. The van der Waals surface area contributed by atoms with Crippen LogP contribution in [0.2, 0.25) is 0 Å². The molecule has 0 aromatic rings. The Balaban J connectivity index is 0.00000361. The maximum absolute atomic E-state index is 11.2. The van der Waals surface area contributed by atoms with E-state index < -0.39 is 10.0 Å². The molecule has 1 unspecified atom stereocenters.